The maximum Gasteiger partial charge on any atom is 0.418 e. The topological polar surface area (TPSA) is 92.6 Å². The van der Waals surface area contributed by atoms with E-state index in [1.807, 2.05) is 0 Å². The molecule has 30 heavy (non-hydrogen) atoms. The van der Waals surface area contributed by atoms with Crippen LogP contribution in [0.4, 0.5) is 24.5 Å². The summed E-state index contributed by atoms with van der Waals surface area (Å²) in [4.78, 5) is 36.6. The zero-order valence-corrected chi connectivity index (χ0v) is 15.7. The van der Waals surface area contributed by atoms with Crippen LogP contribution in [0.15, 0.2) is 48.5 Å². The lowest BCUT2D eigenvalue weighted by Crippen LogP contribution is -2.41. The lowest BCUT2D eigenvalue weighted by Gasteiger charge is -2.31. The third kappa shape index (κ3) is 4.76. The zero-order valence-electron chi connectivity index (χ0n) is 15.7. The summed E-state index contributed by atoms with van der Waals surface area (Å²) >= 11 is 0. The van der Waals surface area contributed by atoms with Gasteiger partial charge in [-0.25, -0.2) is 0 Å². The van der Waals surface area contributed by atoms with Gasteiger partial charge in [-0.05, 0) is 37.1 Å². The van der Waals surface area contributed by atoms with Crippen molar-refractivity contribution in [3.05, 3.63) is 69.8 Å². The van der Waals surface area contributed by atoms with Crippen molar-refractivity contribution < 1.29 is 27.7 Å². The number of likely N-dealkylation sites (tertiary alicyclic amines) is 1. The molecule has 2 amide bonds. The minimum absolute atomic E-state index is 0.124. The number of non-ortho nitro benzene ring substituents is 1. The first-order chi connectivity index (χ1) is 14.2. The van der Waals surface area contributed by atoms with Crippen LogP contribution in [0.25, 0.3) is 0 Å². The van der Waals surface area contributed by atoms with Gasteiger partial charge in [0.05, 0.1) is 16.2 Å². The van der Waals surface area contributed by atoms with Crippen molar-refractivity contribution >= 4 is 23.2 Å². The number of amides is 2. The number of alkyl halides is 3. The maximum atomic E-state index is 13.1. The summed E-state index contributed by atoms with van der Waals surface area (Å²) in [5, 5.41) is 13.1. The molecule has 1 aliphatic heterocycles. The Balaban J connectivity index is 1.60. The highest BCUT2D eigenvalue weighted by Crippen LogP contribution is 2.35. The van der Waals surface area contributed by atoms with Crippen molar-refractivity contribution in [2.75, 3.05) is 18.4 Å². The average molecular weight is 421 g/mol. The van der Waals surface area contributed by atoms with Crippen molar-refractivity contribution in [3.8, 4) is 0 Å². The largest absolute Gasteiger partial charge is 0.418 e. The van der Waals surface area contributed by atoms with E-state index in [1.54, 1.807) is 0 Å². The molecule has 3 rings (SSSR count). The number of benzene rings is 2. The summed E-state index contributed by atoms with van der Waals surface area (Å²) in [7, 11) is 0. The Morgan fingerprint density at radius 2 is 1.63 bits per heavy atom. The SMILES string of the molecule is O=C(Nc1ccccc1C(F)(F)F)C1CCN(C(=O)c2ccc([N+](=O)[O-])cc2)CC1. The molecule has 10 heteroatoms. The zero-order chi connectivity index (χ0) is 21.9. The fourth-order valence-corrected chi connectivity index (χ4v) is 3.33. The van der Waals surface area contributed by atoms with E-state index >= 15 is 0 Å². The normalized spacial score (nSPS) is 15.0. The highest BCUT2D eigenvalue weighted by Gasteiger charge is 2.34. The van der Waals surface area contributed by atoms with Gasteiger partial charge >= 0.3 is 6.18 Å². The van der Waals surface area contributed by atoms with E-state index in [2.05, 4.69) is 5.32 Å². The number of nitro groups is 1. The van der Waals surface area contributed by atoms with E-state index in [-0.39, 0.29) is 30.4 Å². The molecule has 2 aromatic rings. The molecule has 0 spiro atoms. The monoisotopic (exact) mass is 421 g/mol. The van der Waals surface area contributed by atoms with E-state index in [9.17, 15) is 32.9 Å². The number of nitrogens with zero attached hydrogens (tertiary/aromatic N) is 2. The third-order valence-electron chi connectivity index (χ3n) is 4.97. The number of hydrogen-bond donors (Lipinski definition) is 1. The Labute approximate surface area is 169 Å². The second-order valence-corrected chi connectivity index (χ2v) is 6.90. The number of halogens is 3. The van der Waals surface area contributed by atoms with Gasteiger partial charge in [-0.2, -0.15) is 13.2 Å². The fourth-order valence-electron chi connectivity index (χ4n) is 3.33. The molecule has 0 saturated carbocycles. The molecule has 0 unspecified atom stereocenters. The molecule has 7 nitrogen and oxygen atoms in total. The number of hydrogen-bond acceptors (Lipinski definition) is 4. The number of piperidine rings is 1. The molecule has 0 aromatic heterocycles. The molecular formula is C20H18F3N3O4. The van der Waals surface area contributed by atoms with Gasteiger partial charge in [0.25, 0.3) is 11.6 Å². The van der Waals surface area contributed by atoms with Gasteiger partial charge in [0.15, 0.2) is 0 Å². The van der Waals surface area contributed by atoms with Crippen molar-refractivity contribution in [3.63, 3.8) is 0 Å². The molecule has 0 bridgehead atoms. The Morgan fingerprint density at radius 3 is 2.20 bits per heavy atom. The summed E-state index contributed by atoms with van der Waals surface area (Å²) in [5.74, 6) is -1.35. The van der Waals surface area contributed by atoms with E-state index in [0.29, 0.717) is 18.4 Å². The van der Waals surface area contributed by atoms with Crippen LogP contribution in [0.2, 0.25) is 0 Å². The quantitative estimate of drug-likeness (QED) is 0.594. The lowest BCUT2D eigenvalue weighted by molar-refractivity contribution is -0.384. The number of anilines is 1. The van der Waals surface area contributed by atoms with Crippen LogP contribution in [0, 0.1) is 16.0 Å². The van der Waals surface area contributed by atoms with E-state index in [1.165, 1.54) is 47.4 Å². The van der Waals surface area contributed by atoms with Crippen LogP contribution in [0.3, 0.4) is 0 Å². The number of carbonyl (C=O) groups excluding carboxylic acids is 2. The Morgan fingerprint density at radius 1 is 1.03 bits per heavy atom. The molecule has 1 saturated heterocycles. The Hall–Kier alpha value is -3.43. The standard InChI is InChI=1S/C20H18F3N3O4/c21-20(22,23)16-3-1-2-4-17(16)24-18(27)13-9-11-25(12-10-13)19(28)14-5-7-15(8-6-14)26(29)30/h1-8,13H,9-12H2,(H,24,27). The highest BCUT2D eigenvalue weighted by atomic mass is 19.4. The first kappa shape index (κ1) is 21.3. The average Bonchev–Trinajstić information content (AvgIpc) is 2.73. The first-order valence-corrected chi connectivity index (χ1v) is 9.17. The van der Waals surface area contributed by atoms with Crippen molar-refractivity contribution in [1.82, 2.24) is 4.90 Å². The molecule has 158 valence electrons. The minimum Gasteiger partial charge on any atom is -0.339 e. The van der Waals surface area contributed by atoms with E-state index < -0.39 is 28.5 Å². The van der Waals surface area contributed by atoms with Crippen LogP contribution in [-0.2, 0) is 11.0 Å². The summed E-state index contributed by atoms with van der Waals surface area (Å²) in [6, 6.07) is 9.99. The first-order valence-electron chi connectivity index (χ1n) is 9.17. The second kappa shape index (κ2) is 8.52. The van der Waals surface area contributed by atoms with Crippen LogP contribution in [-0.4, -0.2) is 34.7 Å². The van der Waals surface area contributed by atoms with Crippen LogP contribution < -0.4 is 5.32 Å². The molecule has 0 radical (unpaired) electrons. The van der Waals surface area contributed by atoms with Gasteiger partial charge in [0.1, 0.15) is 0 Å². The van der Waals surface area contributed by atoms with Crippen LogP contribution in [0.1, 0.15) is 28.8 Å². The van der Waals surface area contributed by atoms with Gasteiger partial charge in [-0.1, -0.05) is 12.1 Å². The Kier molecular flexibility index (Phi) is 6.04. The second-order valence-electron chi connectivity index (χ2n) is 6.90. The number of carbonyl (C=O) groups is 2. The maximum absolute atomic E-state index is 13.1. The van der Waals surface area contributed by atoms with Gasteiger partial charge in [-0.3, -0.25) is 19.7 Å². The van der Waals surface area contributed by atoms with Gasteiger partial charge in [0.2, 0.25) is 5.91 Å². The van der Waals surface area contributed by atoms with E-state index in [0.717, 1.165) is 6.07 Å². The van der Waals surface area contributed by atoms with Gasteiger partial charge in [0, 0.05) is 36.7 Å². The van der Waals surface area contributed by atoms with Crippen LogP contribution in [0.5, 0.6) is 0 Å². The molecule has 1 aliphatic rings. The molecule has 1 N–H and O–H groups in total. The third-order valence-corrected chi connectivity index (χ3v) is 4.97. The summed E-state index contributed by atoms with van der Waals surface area (Å²) in [6.07, 6.45) is -3.97. The number of rotatable bonds is 4. The number of para-hydroxylation sites is 1. The lowest BCUT2D eigenvalue weighted by atomic mass is 9.95. The van der Waals surface area contributed by atoms with Gasteiger partial charge < -0.3 is 10.2 Å². The molecule has 0 atom stereocenters. The number of nitrogens with one attached hydrogen (secondary N) is 1. The predicted octanol–water partition coefficient (Wildman–Crippen LogP) is 4.10. The van der Waals surface area contributed by atoms with E-state index in [4.69, 9.17) is 0 Å². The van der Waals surface area contributed by atoms with Crippen LogP contribution >= 0.6 is 0 Å². The minimum atomic E-state index is -4.58. The molecule has 1 heterocycles. The van der Waals surface area contributed by atoms with Crippen molar-refractivity contribution in [2.24, 2.45) is 5.92 Å². The molecule has 1 fully saturated rings. The fraction of sp³-hybridized carbons (Fsp3) is 0.300. The van der Waals surface area contributed by atoms with Gasteiger partial charge in [-0.15, -0.1) is 0 Å². The van der Waals surface area contributed by atoms with Crippen molar-refractivity contribution in [1.29, 1.82) is 0 Å². The summed E-state index contributed by atoms with van der Waals surface area (Å²) in [6.45, 7) is 0.518. The predicted molar refractivity (Wildman–Crippen MR) is 102 cm³/mol. The Bertz CT molecular complexity index is 953. The van der Waals surface area contributed by atoms with Crippen molar-refractivity contribution in [2.45, 2.75) is 19.0 Å². The number of nitro benzene ring substituents is 1. The smallest absolute Gasteiger partial charge is 0.339 e. The molecular weight excluding hydrogens is 403 g/mol. The molecule has 2 aromatic carbocycles. The highest BCUT2D eigenvalue weighted by molar-refractivity contribution is 5.95. The summed E-state index contributed by atoms with van der Waals surface area (Å²) < 4.78 is 39.2. The summed E-state index contributed by atoms with van der Waals surface area (Å²) in [5.41, 5.74) is -1.04. The molecule has 0 aliphatic carbocycles.